The van der Waals surface area contributed by atoms with E-state index in [2.05, 4.69) is 0 Å². The second-order valence-corrected chi connectivity index (χ2v) is 7.48. The summed E-state index contributed by atoms with van der Waals surface area (Å²) in [6.07, 6.45) is 1.77. The van der Waals surface area contributed by atoms with Gasteiger partial charge in [0.05, 0.1) is 12.0 Å². The van der Waals surface area contributed by atoms with Gasteiger partial charge in [0.2, 0.25) is 0 Å². The SMILES string of the molecule is Cc1cc2c(cc1C)C(=O)CC1(CCN(C(=O)c3ccccc3)CC1)O2. The highest BCUT2D eigenvalue weighted by molar-refractivity contribution is 6.00. The number of rotatable bonds is 1. The van der Waals surface area contributed by atoms with E-state index in [1.54, 1.807) is 0 Å². The van der Waals surface area contributed by atoms with Gasteiger partial charge >= 0.3 is 0 Å². The molecule has 1 amide bonds. The van der Waals surface area contributed by atoms with Gasteiger partial charge in [0.1, 0.15) is 11.4 Å². The number of benzene rings is 2. The van der Waals surface area contributed by atoms with E-state index in [1.807, 2.05) is 61.2 Å². The Bertz CT molecular complexity index is 864. The van der Waals surface area contributed by atoms with Crippen molar-refractivity contribution >= 4 is 11.7 Å². The smallest absolute Gasteiger partial charge is 0.253 e. The van der Waals surface area contributed by atoms with Crippen LogP contribution in [0.15, 0.2) is 42.5 Å². The van der Waals surface area contributed by atoms with Gasteiger partial charge in [0.25, 0.3) is 5.91 Å². The molecule has 1 fully saturated rings. The number of ketones is 1. The zero-order chi connectivity index (χ0) is 18.3. The van der Waals surface area contributed by atoms with E-state index in [4.69, 9.17) is 4.74 Å². The van der Waals surface area contributed by atoms with Gasteiger partial charge < -0.3 is 9.64 Å². The lowest BCUT2D eigenvalue weighted by molar-refractivity contribution is -0.00575. The van der Waals surface area contributed by atoms with E-state index in [9.17, 15) is 9.59 Å². The van der Waals surface area contributed by atoms with Gasteiger partial charge in [-0.15, -0.1) is 0 Å². The van der Waals surface area contributed by atoms with Gasteiger partial charge in [-0.25, -0.2) is 0 Å². The fourth-order valence-corrected chi connectivity index (χ4v) is 3.91. The summed E-state index contributed by atoms with van der Waals surface area (Å²) in [5, 5.41) is 0. The molecular formula is C22H23NO3. The number of hydrogen-bond donors (Lipinski definition) is 0. The lowest BCUT2D eigenvalue weighted by atomic mass is 9.81. The summed E-state index contributed by atoms with van der Waals surface area (Å²) in [4.78, 5) is 27.2. The highest BCUT2D eigenvalue weighted by Gasteiger charge is 2.43. The van der Waals surface area contributed by atoms with Crippen LogP contribution in [0.1, 0.15) is 51.1 Å². The van der Waals surface area contributed by atoms with Crippen molar-refractivity contribution in [3.05, 3.63) is 64.7 Å². The molecule has 2 heterocycles. The van der Waals surface area contributed by atoms with Crippen LogP contribution in [0.5, 0.6) is 5.75 Å². The molecule has 0 unspecified atom stereocenters. The summed E-state index contributed by atoms with van der Waals surface area (Å²) in [6, 6.07) is 13.3. The number of Topliss-reactive ketones (excluding diaryl/α,β-unsaturated/α-hetero) is 1. The number of aryl methyl sites for hydroxylation is 2. The molecule has 26 heavy (non-hydrogen) atoms. The first-order valence-electron chi connectivity index (χ1n) is 9.15. The van der Waals surface area contributed by atoms with Gasteiger partial charge in [0.15, 0.2) is 5.78 Å². The Kier molecular flexibility index (Phi) is 4.06. The predicted octanol–water partition coefficient (Wildman–Crippen LogP) is 3.94. The fraction of sp³-hybridized carbons (Fsp3) is 0.364. The molecule has 1 saturated heterocycles. The number of ether oxygens (including phenoxy) is 1. The van der Waals surface area contributed by atoms with Gasteiger partial charge in [-0.05, 0) is 49.2 Å². The average Bonchev–Trinajstić information content (AvgIpc) is 2.64. The Morgan fingerprint density at radius 3 is 2.38 bits per heavy atom. The molecule has 2 aromatic rings. The van der Waals surface area contributed by atoms with Crippen molar-refractivity contribution in [2.75, 3.05) is 13.1 Å². The van der Waals surface area contributed by atoms with Crippen LogP contribution in [0.25, 0.3) is 0 Å². The van der Waals surface area contributed by atoms with E-state index >= 15 is 0 Å². The van der Waals surface area contributed by atoms with Crippen molar-refractivity contribution in [1.82, 2.24) is 4.90 Å². The Balaban J connectivity index is 1.51. The molecular weight excluding hydrogens is 326 g/mol. The monoisotopic (exact) mass is 349 g/mol. The molecule has 0 aromatic heterocycles. The molecule has 4 heteroatoms. The maximum absolute atomic E-state index is 12.7. The minimum Gasteiger partial charge on any atom is -0.486 e. The Hall–Kier alpha value is -2.62. The number of carbonyl (C=O) groups is 2. The second kappa shape index (κ2) is 6.27. The average molecular weight is 349 g/mol. The summed E-state index contributed by atoms with van der Waals surface area (Å²) in [7, 11) is 0. The highest BCUT2D eigenvalue weighted by atomic mass is 16.5. The Morgan fingerprint density at radius 2 is 1.69 bits per heavy atom. The number of likely N-dealkylation sites (tertiary alicyclic amines) is 1. The van der Waals surface area contributed by atoms with Gasteiger partial charge in [0, 0.05) is 31.5 Å². The number of hydrogen-bond acceptors (Lipinski definition) is 3. The lowest BCUT2D eigenvalue weighted by Gasteiger charge is -2.44. The van der Waals surface area contributed by atoms with Crippen LogP contribution < -0.4 is 4.74 Å². The van der Waals surface area contributed by atoms with Gasteiger partial charge in [-0.2, -0.15) is 0 Å². The summed E-state index contributed by atoms with van der Waals surface area (Å²) in [5.41, 5.74) is 3.17. The molecule has 0 N–H and O–H groups in total. The molecule has 2 aromatic carbocycles. The number of amides is 1. The molecule has 1 spiro atoms. The molecule has 0 saturated carbocycles. The second-order valence-electron chi connectivity index (χ2n) is 7.48. The summed E-state index contributed by atoms with van der Waals surface area (Å²) < 4.78 is 6.34. The van der Waals surface area contributed by atoms with E-state index < -0.39 is 5.60 Å². The van der Waals surface area contributed by atoms with Crippen LogP contribution in [0, 0.1) is 13.8 Å². The largest absolute Gasteiger partial charge is 0.486 e. The minimum absolute atomic E-state index is 0.0504. The van der Waals surface area contributed by atoms with Crippen LogP contribution in [0.3, 0.4) is 0 Å². The van der Waals surface area contributed by atoms with Crippen molar-refractivity contribution in [1.29, 1.82) is 0 Å². The van der Waals surface area contributed by atoms with Crippen molar-refractivity contribution in [3.8, 4) is 5.75 Å². The van der Waals surface area contributed by atoms with Crippen molar-refractivity contribution in [3.63, 3.8) is 0 Å². The number of fused-ring (bicyclic) bond motifs is 1. The topological polar surface area (TPSA) is 46.6 Å². The number of carbonyl (C=O) groups excluding carboxylic acids is 2. The number of piperidine rings is 1. The fourth-order valence-electron chi connectivity index (χ4n) is 3.91. The Morgan fingerprint density at radius 1 is 1.04 bits per heavy atom. The maximum Gasteiger partial charge on any atom is 0.253 e. The molecule has 2 aliphatic rings. The van der Waals surface area contributed by atoms with Crippen LogP contribution >= 0.6 is 0 Å². The molecule has 0 aliphatic carbocycles. The van der Waals surface area contributed by atoms with Crippen molar-refractivity contribution < 1.29 is 14.3 Å². The van der Waals surface area contributed by atoms with E-state index in [0.29, 0.717) is 49.2 Å². The first-order valence-corrected chi connectivity index (χ1v) is 9.15. The molecule has 0 radical (unpaired) electrons. The van der Waals surface area contributed by atoms with Crippen molar-refractivity contribution in [2.45, 2.75) is 38.7 Å². The third-order valence-corrected chi connectivity index (χ3v) is 5.69. The first kappa shape index (κ1) is 16.8. The molecule has 0 atom stereocenters. The zero-order valence-electron chi connectivity index (χ0n) is 15.2. The molecule has 4 rings (SSSR count). The normalized spacial score (nSPS) is 18.4. The Labute approximate surface area is 153 Å². The molecule has 0 bridgehead atoms. The summed E-state index contributed by atoms with van der Waals surface area (Å²) in [6.45, 7) is 5.27. The highest BCUT2D eigenvalue weighted by Crippen LogP contribution is 2.40. The predicted molar refractivity (Wildman–Crippen MR) is 99.8 cm³/mol. The van der Waals surface area contributed by atoms with Crippen molar-refractivity contribution in [2.24, 2.45) is 0 Å². The minimum atomic E-state index is -0.473. The van der Waals surface area contributed by atoms with Gasteiger partial charge in [-0.3, -0.25) is 9.59 Å². The third kappa shape index (κ3) is 2.90. The quantitative estimate of drug-likeness (QED) is 0.783. The number of nitrogens with zero attached hydrogens (tertiary/aromatic N) is 1. The van der Waals surface area contributed by atoms with Crippen LogP contribution in [0.4, 0.5) is 0 Å². The first-order chi connectivity index (χ1) is 12.5. The third-order valence-electron chi connectivity index (χ3n) is 5.69. The standard InChI is InChI=1S/C22H23NO3/c1-15-12-18-19(24)14-22(26-20(18)13-16(15)2)8-10-23(11-9-22)21(25)17-6-4-3-5-7-17/h3-7,12-13H,8-11,14H2,1-2H3. The van der Waals surface area contributed by atoms with E-state index in [-0.39, 0.29) is 11.7 Å². The summed E-state index contributed by atoms with van der Waals surface area (Å²) in [5.74, 6) is 0.902. The maximum atomic E-state index is 12.7. The van der Waals surface area contributed by atoms with Gasteiger partial charge in [-0.1, -0.05) is 18.2 Å². The van der Waals surface area contributed by atoms with Crippen LogP contribution in [-0.2, 0) is 0 Å². The summed E-state index contributed by atoms with van der Waals surface area (Å²) >= 11 is 0. The van der Waals surface area contributed by atoms with E-state index in [1.165, 1.54) is 0 Å². The van der Waals surface area contributed by atoms with Crippen LogP contribution in [0.2, 0.25) is 0 Å². The molecule has 2 aliphatic heterocycles. The van der Waals surface area contributed by atoms with Crippen LogP contribution in [-0.4, -0.2) is 35.3 Å². The molecule has 4 nitrogen and oxygen atoms in total. The molecule has 134 valence electrons. The lowest BCUT2D eigenvalue weighted by Crippen LogP contribution is -2.52. The zero-order valence-corrected chi connectivity index (χ0v) is 15.2. The van der Waals surface area contributed by atoms with E-state index in [0.717, 1.165) is 11.1 Å².